The van der Waals surface area contributed by atoms with E-state index in [1.165, 1.54) is 0 Å². The van der Waals surface area contributed by atoms with Gasteiger partial charge in [0, 0.05) is 13.2 Å². The van der Waals surface area contributed by atoms with Gasteiger partial charge < -0.3 is 15.2 Å². The second-order valence-corrected chi connectivity index (χ2v) is 3.33. The summed E-state index contributed by atoms with van der Waals surface area (Å²) in [6, 6.07) is 0. The lowest BCUT2D eigenvalue weighted by Crippen LogP contribution is -2.16. The van der Waals surface area contributed by atoms with E-state index in [2.05, 4.69) is 0 Å². The number of anilines is 1. The number of hydrogen-bond donors (Lipinski definition) is 1. The molecule has 3 nitrogen and oxygen atoms in total. The first-order valence-corrected chi connectivity index (χ1v) is 5.30. The lowest BCUT2D eigenvalue weighted by Gasteiger charge is -2.19. The van der Waals surface area contributed by atoms with E-state index in [1.54, 1.807) is 13.8 Å². The SMILES string of the molecule is CCOC(OCC)c1c(F)c(F)c(N)c(F)c1F. The van der Waals surface area contributed by atoms with Crippen molar-refractivity contribution in [1.29, 1.82) is 0 Å². The quantitative estimate of drug-likeness (QED) is 0.386. The number of nitrogens with two attached hydrogens (primary N) is 1. The third-order valence-electron chi connectivity index (χ3n) is 2.20. The first kappa shape index (κ1) is 14.7. The van der Waals surface area contributed by atoms with E-state index in [1.807, 2.05) is 0 Å². The molecule has 0 atom stereocenters. The Morgan fingerprint density at radius 1 is 0.889 bits per heavy atom. The van der Waals surface area contributed by atoms with Crippen LogP contribution in [0.4, 0.5) is 23.2 Å². The number of halogens is 4. The minimum Gasteiger partial charge on any atom is -0.394 e. The fourth-order valence-electron chi connectivity index (χ4n) is 1.39. The van der Waals surface area contributed by atoms with Crippen LogP contribution in [-0.2, 0) is 9.47 Å². The summed E-state index contributed by atoms with van der Waals surface area (Å²) in [5.74, 6) is -6.54. The van der Waals surface area contributed by atoms with Crippen LogP contribution in [0, 0.1) is 23.3 Å². The zero-order valence-electron chi connectivity index (χ0n) is 9.90. The van der Waals surface area contributed by atoms with Gasteiger partial charge in [-0.1, -0.05) is 0 Å². The van der Waals surface area contributed by atoms with E-state index < -0.39 is 40.8 Å². The number of hydrogen-bond acceptors (Lipinski definition) is 3. The van der Waals surface area contributed by atoms with Crippen molar-refractivity contribution in [2.24, 2.45) is 0 Å². The summed E-state index contributed by atoms with van der Waals surface area (Å²) in [7, 11) is 0. The summed E-state index contributed by atoms with van der Waals surface area (Å²) in [5.41, 5.74) is 2.73. The number of benzene rings is 1. The highest BCUT2D eigenvalue weighted by atomic mass is 19.2. The van der Waals surface area contributed by atoms with E-state index >= 15 is 0 Å². The van der Waals surface area contributed by atoms with E-state index in [0.717, 1.165) is 0 Å². The number of nitrogen functional groups attached to an aromatic ring is 1. The molecule has 7 heteroatoms. The summed E-state index contributed by atoms with van der Waals surface area (Å²) >= 11 is 0. The van der Waals surface area contributed by atoms with Crippen LogP contribution in [0.25, 0.3) is 0 Å². The maximum absolute atomic E-state index is 13.6. The Hall–Kier alpha value is -1.34. The van der Waals surface area contributed by atoms with Gasteiger partial charge >= 0.3 is 0 Å². The van der Waals surface area contributed by atoms with Gasteiger partial charge in [-0.2, -0.15) is 0 Å². The van der Waals surface area contributed by atoms with Crippen LogP contribution in [0.2, 0.25) is 0 Å². The van der Waals surface area contributed by atoms with Gasteiger partial charge in [0.2, 0.25) is 0 Å². The molecule has 0 saturated carbocycles. The Morgan fingerprint density at radius 3 is 1.61 bits per heavy atom. The minimum atomic E-state index is -1.66. The average Bonchev–Trinajstić information content (AvgIpc) is 2.35. The van der Waals surface area contributed by atoms with Gasteiger partial charge in [0.25, 0.3) is 0 Å². The van der Waals surface area contributed by atoms with Crippen LogP contribution in [0.5, 0.6) is 0 Å². The fourth-order valence-corrected chi connectivity index (χ4v) is 1.39. The van der Waals surface area contributed by atoms with Crippen molar-refractivity contribution in [1.82, 2.24) is 0 Å². The van der Waals surface area contributed by atoms with E-state index in [-0.39, 0.29) is 13.2 Å². The molecule has 0 aromatic heterocycles. The Morgan fingerprint density at radius 2 is 1.28 bits per heavy atom. The van der Waals surface area contributed by atoms with Gasteiger partial charge in [0.1, 0.15) is 5.69 Å². The molecule has 0 amide bonds. The molecule has 0 unspecified atom stereocenters. The molecule has 0 heterocycles. The average molecular weight is 267 g/mol. The maximum atomic E-state index is 13.6. The predicted octanol–water partition coefficient (Wildman–Crippen LogP) is 2.90. The van der Waals surface area contributed by atoms with Crippen molar-refractivity contribution in [2.75, 3.05) is 18.9 Å². The summed E-state index contributed by atoms with van der Waals surface area (Å²) in [4.78, 5) is 0. The lowest BCUT2D eigenvalue weighted by molar-refractivity contribution is -0.144. The summed E-state index contributed by atoms with van der Waals surface area (Å²) < 4.78 is 63.5. The molecule has 0 aliphatic heterocycles. The molecular weight excluding hydrogens is 254 g/mol. The van der Waals surface area contributed by atoms with Crippen LogP contribution < -0.4 is 5.73 Å². The molecular formula is C11H13F4NO2. The highest BCUT2D eigenvalue weighted by Crippen LogP contribution is 2.32. The monoisotopic (exact) mass is 267 g/mol. The second kappa shape index (κ2) is 6.01. The topological polar surface area (TPSA) is 44.5 Å². The molecule has 0 saturated heterocycles. The maximum Gasteiger partial charge on any atom is 0.189 e. The molecule has 0 radical (unpaired) electrons. The lowest BCUT2D eigenvalue weighted by atomic mass is 10.1. The predicted molar refractivity (Wildman–Crippen MR) is 56.7 cm³/mol. The molecule has 102 valence electrons. The number of ether oxygens (including phenoxy) is 2. The van der Waals surface area contributed by atoms with E-state index in [9.17, 15) is 17.6 Å². The Labute approximate surface area is 101 Å². The molecule has 1 aromatic rings. The first-order valence-electron chi connectivity index (χ1n) is 5.30. The van der Waals surface area contributed by atoms with Gasteiger partial charge in [0.05, 0.1) is 5.56 Å². The zero-order valence-corrected chi connectivity index (χ0v) is 9.90. The molecule has 1 aromatic carbocycles. The summed E-state index contributed by atoms with van der Waals surface area (Å²) in [5, 5.41) is 0. The molecule has 0 fully saturated rings. The van der Waals surface area contributed by atoms with Crippen LogP contribution in [0.15, 0.2) is 0 Å². The van der Waals surface area contributed by atoms with Crippen LogP contribution >= 0.6 is 0 Å². The summed E-state index contributed by atoms with van der Waals surface area (Å²) in [6.45, 7) is 3.20. The van der Waals surface area contributed by atoms with Crippen molar-refractivity contribution >= 4 is 5.69 Å². The van der Waals surface area contributed by atoms with Crippen molar-refractivity contribution in [3.63, 3.8) is 0 Å². The van der Waals surface area contributed by atoms with Crippen molar-refractivity contribution < 1.29 is 27.0 Å². The normalized spacial score (nSPS) is 11.3. The standard InChI is InChI=1S/C11H13F4NO2/c1-3-17-11(18-4-2)5-6(12)8(14)10(16)9(15)7(5)13/h11H,3-4,16H2,1-2H3. The van der Waals surface area contributed by atoms with E-state index in [0.29, 0.717) is 0 Å². The molecule has 0 aliphatic carbocycles. The molecule has 1 rings (SSSR count). The number of rotatable bonds is 5. The second-order valence-electron chi connectivity index (χ2n) is 3.33. The highest BCUT2D eigenvalue weighted by molar-refractivity contribution is 5.45. The third kappa shape index (κ3) is 2.56. The largest absolute Gasteiger partial charge is 0.394 e. The van der Waals surface area contributed by atoms with Crippen molar-refractivity contribution in [2.45, 2.75) is 20.1 Å². The molecule has 0 bridgehead atoms. The van der Waals surface area contributed by atoms with Crippen LogP contribution in [0.1, 0.15) is 25.7 Å². The van der Waals surface area contributed by atoms with E-state index in [4.69, 9.17) is 15.2 Å². The van der Waals surface area contributed by atoms with Crippen molar-refractivity contribution in [3.05, 3.63) is 28.8 Å². The minimum absolute atomic E-state index is 0.0527. The Balaban J connectivity index is 3.37. The molecule has 18 heavy (non-hydrogen) atoms. The third-order valence-corrected chi connectivity index (χ3v) is 2.20. The van der Waals surface area contributed by atoms with Gasteiger partial charge in [0.15, 0.2) is 29.6 Å². The Kier molecular flexibility index (Phi) is 4.92. The smallest absolute Gasteiger partial charge is 0.189 e. The highest BCUT2D eigenvalue weighted by Gasteiger charge is 2.29. The first-order chi connectivity index (χ1) is 8.45. The molecule has 0 spiro atoms. The van der Waals surface area contributed by atoms with Crippen LogP contribution in [0.3, 0.4) is 0 Å². The van der Waals surface area contributed by atoms with Crippen LogP contribution in [-0.4, -0.2) is 13.2 Å². The Bertz CT molecular complexity index is 405. The zero-order chi connectivity index (χ0) is 13.9. The van der Waals surface area contributed by atoms with Crippen molar-refractivity contribution in [3.8, 4) is 0 Å². The van der Waals surface area contributed by atoms with Gasteiger partial charge in [-0.05, 0) is 13.8 Å². The molecule has 0 aliphatic rings. The summed E-state index contributed by atoms with van der Waals surface area (Å²) in [6.07, 6.45) is -1.52. The fraction of sp³-hybridized carbons (Fsp3) is 0.455. The van der Waals surface area contributed by atoms with Gasteiger partial charge in [-0.3, -0.25) is 0 Å². The molecule has 2 N–H and O–H groups in total. The van der Waals surface area contributed by atoms with Gasteiger partial charge in [-0.25, -0.2) is 17.6 Å². The van der Waals surface area contributed by atoms with Gasteiger partial charge in [-0.15, -0.1) is 0 Å².